The molecule has 6 rings (SSSR count). The average molecular weight is 692 g/mol. The summed E-state index contributed by atoms with van der Waals surface area (Å²) in [6.07, 6.45) is 6.40. The highest BCUT2D eigenvalue weighted by atomic mass is 16.5. The van der Waals surface area contributed by atoms with Crippen LogP contribution in [0, 0.1) is 0 Å². The zero-order valence-electron chi connectivity index (χ0n) is 28.5. The molecule has 52 heavy (non-hydrogen) atoms. The number of nitrogens with zero attached hydrogens (tertiary/aromatic N) is 4. The minimum atomic E-state index is -0.385. The van der Waals surface area contributed by atoms with E-state index < -0.39 is 0 Å². The van der Waals surface area contributed by atoms with Gasteiger partial charge in [0.25, 0.3) is 11.8 Å². The number of hydrogen-bond donors (Lipinski definition) is 1. The first-order chi connectivity index (χ1) is 25.4. The first-order valence-corrected chi connectivity index (χ1v) is 16.4. The molecular formula is C42H37N5O5. The van der Waals surface area contributed by atoms with Gasteiger partial charge in [-0.15, -0.1) is 0 Å². The molecule has 0 unspecified atom stereocenters. The van der Waals surface area contributed by atoms with E-state index >= 15 is 0 Å². The molecule has 2 N–H and O–H groups in total. The maximum atomic E-state index is 13.0. The first kappa shape index (κ1) is 36.5. The quantitative estimate of drug-likeness (QED) is 0.116. The molecule has 0 fully saturated rings. The maximum Gasteiger partial charge on any atom is 0.337 e. The van der Waals surface area contributed by atoms with Crippen molar-refractivity contribution in [2.45, 2.75) is 13.1 Å². The third-order valence-electron chi connectivity index (χ3n) is 8.00. The Morgan fingerprint density at radius 2 is 0.904 bits per heavy atom. The van der Waals surface area contributed by atoms with Gasteiger partial charge in [0.05, 0.1) is 32.3 Å². The Morgan fingerprint density at radius 3 is 1.27 bits per heavy atom. The van der Waals surface area contributed by atoms with Crippen molar-refractivity contribution in [1.82, 2.24) is 9.97 Å². The van der Waals surface area contributed by atoms with Crippen molar-refractivity contribution < 1.29 is 23.9 Å². The number of aromatic nitrogens is 2. The van der Waals surface area contributed by atoms with Crippen molar-refractivity contribution in [1.29, 1.82) is 0 Å². The fourth-order valence-corrected chi connectivity index (χ4v) is 5.22. The van der Waals surface area contributed by atoms with Crippen LogP contribution in [0.4, 0.5) is 11.4 Å². The third-order valence-corrected chi connectivity index (χ3v) is 8.00. The van der Waals surface area contributed by atoms with Gasteiger partial charge in [-0.3, -0.25) is 24.4 Å². The maximum absolute atomic E-state index is 13.0. The van der Waals surface area contributed by atoms with Crippen molar-refractivity contribution in [3.05, 3.63) is 192 Å². The molecule has 0 radical (unpaired) electrons. The van der Waals surface area contributed by atoms with Crippen LogP contribution in [0.2, 0.25) is 0 Å². The lowest BCUT2D eigenvalue weighted by Gasteiger charge is -2.23. The van der Waals surface area contributed by atoms with Crippen LogP contribution in [0.5, 0.6) is 0 Å². The Kier molecular flexibility index (Phi) is 12.8. The zero-order valence-corrected chi connectivity index (χ0v) is 28.5. The Balaban J connectivity index is 0.000000201. The standard InChI is InChI=1S/C21H19N3O2.C21H18N2O3/c22-14-20(25)17-8-6-16(7-9-17)15-24(19-4-2-1-3-5-19)21(26)18-10-12-23-13-11-18;1-26-21(25)18-9-7-16(8-10-18)15-23(19-5-3-2-4-6-19)20(24)17-11-13-22-14-12-17/h1-13H,14-15,22H2;2-14H,15H2,1H3. The van der Waals surface area contributed by atoms with Crippen LogP contribution in [-0.2, 0) is 17.8 Å². The van der Waals surface area contributed by atoms with E-state index in [2.05, 4.69) is 9.97 Å². The van der Waals surface area contributed by atoms with Gasteiger partial charge < -0.3 is 20.3 Å². The van der Waals surface area contributed by atoms with Crippen LogP contribution in [0.3, 0.4) is 0 Å². The molecule has 0 bridgehead atoms. The van der Waals surface area contributed by atoms with Crippen LogP contribution in [0.25, 0.3) is 0 Å². The number of carbonyl (C=O) groups is 4. The Labute approximate surface area is 302 Å². The molecule has 10 heteroatoms. The van der Waals surface area contributed by atoms with Crippen molar-refractivity contribution >= 4 is 34.9 Å². The lowest BCUT2D eigenvalue weighted by Crippen LogP contribution is -2.30. The molecule has 0 atom stereocenters. The molecule has 2 amide bonds. The summed E-state index contributed by atoms with van der Waals surface area (Å²) in [5.74, 6) is -0.718. The predicted octanol–water partition coefficient (Wildman–Crippen LogP) is 6.79. The summed E-state index contributed by atoms with van der Waals surface area (Å²) in [4.78, 5) is 60.6. The van der Waals surface area contributed by atoms with Crippen LogP contribution < -0.4 is 15.5 Å². The van der Waals surface area contributed by atoms with E-state index in [-0.39, 0.29) is 30.1 Å². The van der Waals surface area contributed by atoms with Gasteiger partial charge in [0.1, 0.15) is 0 Å². The molecule has 0 spiro atoms. The number of amides is 2. The fraction of sp³-hybridized carbons (Fsp3) is 0.0952. The number of Topliss-reactive ketones (excluding diaryl/α,β-unsaturated/α-hetero) is 1. The highest BCUT2D eigenvalue weighted by Crippen LogP contribution is 2.22. The average Bonchev–Trinajstić information content (AvgIpc) is 3.22. The molecule has 6 aromatic rings. The van der Waals surface area contributed by atoms with Crippen molar-refractivity contribution in [2.24, 2.45) is 5.73 Å². The van der Waals surface area contributed by atoms with Crippen LogP contribution >= 0.6 is 0 Å². The first-order valence-electron chi connectivity index (χ1n) is 16.4. The van der Waals surface area contributed by atoms with E-state index in [1.807, 2.05) is 84.9 Å². The number of carbonyl (C=O) groups excluding carboxylic acids is 4. The lowest BCUT2D eigenvalue weighted by atomic mass is 10.1. The number of esters is 1. The number of para-hydroxylation sites is 2. The van der Waals surface area contributed by atoms with Crippen LogP contribution in [-0.4, -0.2) is 47.2 Å². The number of benzene rings is 4. The number of pyridine rings is 2. The van der Waals surface area contributed by atoms with Crippen LogP contribution in [0.1, 0.15) is 52.6 Å². The number of hydrogen-bond acceptors (Lipinski definition) is 8. The molecule has 0 saturated heterocycles. The summed E-state index contributed by atoms with van der Waals surface area (Å²) in [6.45, 7) is 0.755. The number of nitrogens with two attached hydrogens (primary N) is 1. The van der Waals surface area contributed by atoms with Gasteiger partial charge in [0, 0.05) is 52.9 Å². The second-order valence-electron chi connectivity index (χ2n) is 11.4. The van der Waals surface area contributed by atoms with Gasteiger partial charge in [0.15, 0.2) is 5.78 Å². The van der Waals surface area contributed by atoms with Gasteiger partial charge in [0.2, 0.25) is 0 Å². The lowest BCUT2D eigenvalue weighted by molar-refractivity contribution is 0.0600. The monoisotopic (exact) mass is 691 g/mol. The number of ether oxygens (including phenoxy) is 1. The van der Waals surface area contributed by atoms with Gasteiger partial charge >= 0.3 is 5.97 Å². The van der Waals surface area contributed by atoms with Gasteiger partial charge in [-0.05, 0) is 71.8 Å². The smallest absolute Gasteiger partial charge is 0.337 e. The Hall–Kier alpha value is -6.78. The highest BCUT2D eigenvalue weighted by molar-refractivity contribution is 6.06. The fourth-order valence-electron chi connectivity index (χ4n) is 5.22. The molecule has 0 aliphatic carbocycles. The molecule has 2 heterocycles. The van der Waals surface area contributed by atoms with Gasteiger partial charge in [-0.2, -0.15) is 0 Å². The minimum absolute atomic E-state index is 0.0178. The summed E-state index contributed by atoms with van der Waals surface area (Å²) in [7, 11) is 1.35. The van der Waals surface area contributed by atoms with Crippen molar-refractivity contribution in [3.63, 3.8) is 0 Å². The third kappa shape index (κ3) is 9.68. The van der Waals surface area contributed by atoms with E-state index in [1.165, 1.54) is 7.11 Å². The van der Waals surface area contributed by atoms with E-state index in [0.717, 1.165) is 22.5 Å². The van der Waals surface area contributed by atoms with E-state index in [1.54, 1.807) is 83.1 Å². The SMILES string of the molecule is COC(=O)c1ccc(CN(C(=O)c2ccncc2)c2ccccc2)cc1.NCC(=O)c1ccc(CN(C(=O)c2ccncc2)c2ccccc2)cc1. The van der Waals surface area contributed by atoms with Gasteiger partial charge in [-0.1, -0.05) is 72.8 Å². The Bertz CT molecular complexity index is 1910. The zero-order chi connectivity index (χ0) is 36.7. The van der Waals surface area contributed by atoms with E-state index in [0.29, 0.717) is 35.3 Å². The summed E-state index contributed by atoms with van der Waals surface area (Å²) in [6, 6.07) is 39.9. The molecular weight excluding hydrogens is 654 g/mol. The molecule has 2 aromatic heterocycles. The largest absolute Gasteiger partial charge is 0.465 e. The molecule has 4 aromatic carbocycles. The second kappa shape index (κ2) is 18.3. The number of methoxy groups -OCH3 is 1. The summed E-state index contributed by atoms with van der Waals surface area (Å²) in [5.41, 5.74) is 11.0. The van der Waals surface area contributed by atoms with Gasteiger partial charge in [-0.25, -0.2) is 4.79 Å². The van der Waals surface area contributed by atoms with E-state index in [9.17, 15) is 19.2 Å². The normalized spacial score (nSPS) is 10.3. The van der Waals surface area contributed by atoms with Crippen molar-refractivity contribution in [3.8, 4) is 0 Å². The highest BCUT2D eigenvalue weighted by Gasteiger charge is 2.20. The predicted molar refractivity (Wildman–Crippen MR) is 200 cm³/mol. The molecule has 10 nitrogen and oxygen atoms in total. The summed E-state index contributed by atoms with van der Waals surface area (Å²) < 4.78 is 4.71. The number of ketones is 1. The molecule has 0 aliphatic rings. The number of rotatable bonds is 11. The number of anilines is 2. The minimum Gasteiger partial charge on any atom is -0.465 e. The molecule has 0 aliphatic heterocycles. The Morgan fingerprint density at radius 1 is 0.519 bits per heavy atom. The summed E-state index contributed by atoms with van der Waals surface area (Å²) >= 11 is 0. The second-order valence-corrected chi connectivity index (χ2v) is 11.4. The van der Waals surface area contributed by atoms with Crippen molar-refractivity contribution in [2.75, 3.05) is 23.5 Å². The van der Waals surface area contributed by atoms with E-state index in [4.69, 9.17) is 10.5 Å². The molecule has 260 valence electrons. The topological polar surface area (TPSA) is 136 Å². The van der Waals surface area contributed by atoms with Crippen LogP contribution in [0.15, 0.2) is 158 Å². The summed E-state index contributed by atoms with van der Waals surface area (Å²) in [5, 5.41) is 0. The molecule has 0 saturated carbocycles.